The number of benzene rings is 2. The van der Waals surface area contributed by atoms with E-state index in [1.807, 2.05) is 0 Å². The number of carbonyl (C=O) groups excluding carboxylic acids is 2. The van der Waals surface area contributed by atoms with E-state index in [4.69, 9.17) is 14.5 Å². The average Bonchev–Trinajstić information content (AvgIpc) is 3.47. The predicted octanol–water partition coefficient (Wildman–Crippen LogP) is 3.74. The Hall–Kier alpha value is -3.69. The highest BCUT2D eigenvalue weighted by Gasteiger charge is 2.21. The van der Waals surface area contributed by atoms with E-state index < -0.39 is 0 Å². The van der Waals surface area contributed by atoms with Gasteiger partial charge in [0, 0.05) is 67.5 Å². The molecule has 0 unspecified atom stereocenters. The molecule has 192 valence electrons. The lowest BCUT2D eigenvalue weighted by molar-refractivity contribution is -0.126. The van der Waals surface area contributed by atoms with E-state index in [1.54, 1.807) is 47.6 Å². The van der Waals surface area contributed by atoms with Crippen LogP contribution in [0.5, 0.6) is 5.75 Å². The molecule has 0 spiro atoms. The minimum absolute atomic E-state index is 0.142. The van der Waals surface area contributed by atoms with E-state index >= 15 is 0 Å². The Bertz CT molecular complexity index is 1240. The van der Waals surface area contributed by atoms with Gasteiger partial charge in [0.15, 0.2) is 10.9 Å². The van der Waals surface area contributed by atoms with Crippen LogP contribution >= 0.6 is 11.3 Å². The molecule has 0 bridgehead atoms. The topological polar surface area (TPSA) is 75.2 Å². The first-order chi connectivity index (χ1) is 18.1. The quantitative estimate of drug-likeness (QED) is 0.348. The normalized spacial score (nSPS) is 16.3. The van der Waals surface area contributed by atoms with Gasteiger partial charge in [0.1, 0.15) is 5.75 Å². The van der Waals surface area contributed by atoms with Gasteiger partial charge in [0.05, 0.1) is 26.0 Å². The van der Waals surface area contributed by atoms with E-state index in [1.165, 1.54) is 12.2 Å². The smallest absolute Gasteiger partial charge is 0.246 e. The highest BCUT2D eigenvalue weighted by atomic mass is 32.1. The fourth-order valence-corrected chi connectivity index (χ4v) is 5.32. The van der Waals surface area contributed by atoms with Gasteiger partial charge in [-0.1, -0.05) is 12.1 Å². The fraction of sp³-hybridized carbons (Fsp3) is 0.321. The molecule has 8 nitrogen and oxygen atoms in total. The molecule has 9 heteroatoms. The molecular formula is C28H30N4O4S. The van der Waals surface area contributed by atoms with Gasteiger partial charge in [-0.05, 0) is 42.5 Å². The molecule has 0 aliphatic carbocycles. The first-order valence-corrected chi connectivity index (χ1v) is 13.3. The van der Waals surface area contributed by atoms with Crippen molar-refractivity contribution >= 4 is 33.8 Å². The summed E-state index contributed by atoms with van der Waals surface area (Å²) in [6, 6.07) is 15.3. The summed E-state index contributed by atoms with van der Waals surface area (Å²) in [6.07, 6.45) is 2.72. The number of rotatable bonds is 7. The van der Waals surface area contributed by atoms with Crippen LogP contribution in [0.15, 0.2) is 66.1 Å². The van der Waals surface area contributed by atoms with Crippen LogP contribution in [0, 0.1) is 0 Å². The second-order valence-electron chi connectivity index (χ2n) is 8.90. The summed E-state index contributed by atoms with van der Waals surface area (Å²) in [4.78, 5) is 36.2. The van der Waals surface area contributed by atoms with Crippen LogP contribution in [0.1, 0.15) is 10.4 Å². The number of amides is 1. The summed E-state index contributed by atoms with van der Waals surface area (Å²) in [5.41, 5.74) is 3.74. The highest BCUT2D eigenvalue weighted by Crippen LogP contribution is 2.29. The Kier molecular flexibility index (Phi) is 7.82. The van der Waals surface area contributed by atoms with Crippen molar-refractivity contribution in [1.29, 1.82) is 0 Å². The third kappa shape index (κ3) is 6.00. The summed E-state index contributed by atoms with van der Waals surface area (Å²) >= 11 is 1.67. The summed E-state index contributed by atoms with van der Waals surface area (Å²) in [7, 11) is 1.58. The molecule has 1 aromatic heterocycles. The Morgan fingerprint density at radius 3 is 2.27 bits per heavy atom. The third-order valence-electron chi connectivity index (χ3n) is 6.65. The number of piperazine rings is 1. The highest BCUT2D eigenvalue weighted by molar-refractivity contribution is 7.14. The lowest BCUT2D eigenvalue weighted by atomic mass is 10.1. The number of ether oxygens (including phenoxy) is 2. The van der Waals surface area contributed by atoms with Crippen LogP contribution in [-0.2, 0) is 9.53 Å². The summed E-state index contributed by atoms with van der Waals surface area (Å²) < 4.78 is 10.5. The molecule has 5 rings (SSSR count). The van der Waals surface area contributed by atoms with Crippen LogP contribution in [0.2, 0.25) is 0 Å². The maximum absolute atomic E-state index is 12.6. The van der Waals surface area contributed by atoms with E-state index in [-0.39, 0.29) is 11.7 Å². The standard InChI is InChI=1S/C28H30N4O4S/c1-35-24-8-4-22(5-9-24)26(33)10-11-27(34)31-14-12-30(13-15-31)23-6-2-21(3-7-23)25-20-37-28(29-25)32-16-18-36-19-17-32/h2-11,20H,12-19H2,1H3/b11-10+. The van der Waals surface area contributed by atoms with Gasteiger partial charge in [-0.2, -0.15) is 0 Å². The zero-order chi connectivity index (χ0) is 25.6. The fourth-order valence-electron chi connectivity index (χ4n) is 4.43. The molecule has 1 amide bonds. The molecule has 0 atom stereocenters. The number of hydrogen-bond donors (Lipinski definition) is 0. The van der Waals surface area contributed by atoms with Gasteiger partial charge in [0.2, 0.25) is 5.91 Å². The van der Waals surface area contributed by atoms with Gasteiger partial charge in [-0.15, -0.1) is 11.3 Å². The maximum atomic E-state index is 12.6. The number of methoxy groups -OCH3 is 1. The molecule has 37 heavy (non-hydrogen) atoms. The van der Waals surface area contributed by atoms with Crippen molar-refractivity contribution in [2.24, 2.45) is 0 Å². The number of hydrogen-bond acceptors (Lipinski definition) is 8. The van der Waals surface area contributed by atoms with Crippen LogP contribution in [0.4, 0.5) is 10.8 Å². The van der Waals surface area contributed by atoms with Crippen LogP contribution in [0.25, 0.3) is 11.3 Å². The number of nitrogens with zero attached hydrogens (tertiary/aromatic N) is 4. The van der Waals surface area contributed by atoms with E-state index in [2.05, 4.69) is 39.4 Å². The number of ketones is 1. The van der Waals surface area contributed by atoms with Gasteiger partial charge < -0.3 is 24.2 Å². The lowest BCUT2D eigenvalue weighted by Crippen LogP contribution is -2.48. The first-order valence-electron chi connectivity index (χ1n) is 12.4. The summed E-state index contributed by atoms with van der Waals surface area (Å²) in [5, 5.41) is 3.15. The van der Waals surface area contributed by atoms with Crippen molar-refractivity contribution in [2.75, 3.05) is 69.4 Å². The molecule has 3 aromatic rings. The van der Waals surface area contributed by atoms with Crippen molar-refractivity contribution in [3.05, 3.63) is 71.6 Å². The average molecular weight is 519 g/mol. The Morgan fingerprint density at radius 1 is 0.892 bits per heavy atom. The van der Waals surface area contributed by atoms with Crippen molar-refractivity contribution in [3.8, 4) is 17.0 Å². The minimum Gasteiger partial charge on any atom is -0.497 e. The van der Waals surface area contributed by atoms with E-state index in [0.717, 1.165) is 61.5 Å². The Balaban J connectivity index is 1.13. The van der Waals surface area contributed by atoms with Gasteiger partial charge in [-0.3, -0.25) is 9.59 Å². The van der Waals surface area contributed by atoms with Crippen molar-refractivity contribution in [1.82, 2.24) is 9.88 Å². The molecule has 2 aliphatic heterocycles. The third-order valence-corrected chi connectivity index (χ3v) is 7.55. The van der Waals surface area contributed by atoms with E-state index in [0.29, 0.717) is 24.4 Å². The van der Waals surface area contributed by atoms with Crippen molar-refractivity contribution < 1.29 is 19.1 Å². The molecule has 0 N–H and O–H groups in total. The predicted molar refractivity (Wildman–Crippen MR) is 146 cm³/mol. The minimum atomic E-state index is -0.202. The largest absolute Gasteiger partial charge is 0.497 e. The summed E-state index contributed by atoms with van der Waals surface area (Å²) in [5.74, 6) is 0.341. The Morgan fingerprint density at radius 2 is 1.59 bits per heavy atom. The molecule has 2 aliphatic rings. The second-order valence-corrected chi connectivity index (χ2v) is 9.74. The molecule has 0 saturated carbocycles. The SMILES string of the molecule is COc1ccc(C(=O)/C=C/C(=O)N2CCN(c3ccc(-c4csc(N5CCOCC5)n4)cc3)CC2)cc1. The maximum Gasteiger partial charge on any atom is 0.246 e. The van der Waals surface area contributed by atoms with Crippen LogP contribution in [-0.4, -0.2) is 81.2 Å². The van der Waals surface area contributed by atoms with Gasteiger partial charge in [-0.25, -0.2) is 4.98 Å². The molecule has 2 saturated heterocycles. The zero-order valence-corrected chi connectivity index (χ0v) is 21.7. The summed E-state index contributed by atoms with van der Waals surface area (Å²) in [6.45, 7) is 5.96. The van der Waals surface area contributed by atoms with E-state index in [9.17, 15) is 9.59 Å². The molecular weight excluding hydrogens is 488 g/mol. The second kappa shape index (κ2) is 11.6. The van der Waals surface area contributed by atoms with Crippen molar-refractivity contribution in [2.45, 2.75) is 0 Å². The number of allylic oxidation sites excluding steroid dienone is 1. The molecule has 2 aromatic carbocycles. The Labute approximate surface area is 220 Å². The monoisotopic (exact) mass is 518 g/mol. The number of carbonyl (C=O) groups is 2. The number of morpholine rings is 1. The number of anilines is 2. The molecule has 0 radical (unpaired) electrons. The molecule has 2 fully saturated rings. The van der Waals surface area contributed by atoms with Crippen LogP contribution < -0.4 is 14.5 Å². The zero-order valence-electron chi connectivity index (χ0n) is 20.8. The van der Waals surface area contributed by atoms with Crippen LogP contribution in [0.3, 0.4) is 0 Å². The van der Waals surface area contributed by atoms with Gasteiger partial charge in [0.25, 0.3) is 0 Å². The lowest BCUT2D eigenvalue weighted by Gasteiger charge is -2.35. The number of aromatic nitrogens is 1. The first kappa shape index (κ1) is 25.0. The van der Waals surface area contributed by atoms with Crippen molar-refractivity contribution in [3.63, 3.8) is 0 Å². The molecule has 3 heterocycles. The number of thiazole rings is 1. The van der Waals surface area contributed by atoms with Gasteiger partial charge >= 0.3 is 0 Å².